The van der Waals surface area contributed by atoms with E-state index >= 15 is 0 Å². The van der Waals surface area contributed by atoms with Gasteiger partial charge >= 0.3 is 0 Å². The summed E-state index contributed by atoms with van der Waals surface area (Å²) in [6.45, 7) is 0.308. The molecule has 2 aromatic heterocycles. The van der Waals surface area contributed by atoms with Crippen LogP contribution in [0.5, 0.6) is 5.75 Å². The van der Waals surface area contributed by atoms with Crippen LogP contribution >= 0.6 is 0 Å². The Kier molecular flexibility index (Phi) is 4.31. The molecule has 0 saturated heterocycles. The molecule has 0 amide bonds. The lowest BCUT2D eigenvalue weighted by Gasteiger charge is -2.13. The first kappa shape index (κ1) is 19.0. The van der Waals surface area contributed by atoms with Crippen LogP contribution in [0.3, 0.4) is 0 Å². The molecule has 0 unspecified atom stereocenters. The van der Waals surface area contributed by atoms with Gasteiger partial charge in [0.05, 0.1) is 22.8 Å². The first-order valence-electron chi connectivity index (χ1n) is 10.6. The quantitative estimate of drug-likeness (QED) is 0.355. The number of hydrogen-bond donors (Lipinski definition) is 0. The number of rotatable bonds is 4. The van der Waals surface area contributed by atoms with E-state index < -0.39 is 0 Å². The van der Waals surface area contributed by atoms with Crippen molar-refractivity contribution < 1.29 is 9.53 Å². The number of nitriles is 1. The third-order valence-corrected chi connectivity index (χ3v) is 5.96. The topological polar surface area (TPSA) is 67.9 Å². The molecular formula is C28H17N3O2. The second-order valence-corrected chi connectivity index (χ2v) is 7.89. The van der Waals surface area contributed by atoms with Crippen molar-refractivity contribution in [2.45, 2.75) is 6.61 Å². The van der Waals surface area contributed by atoms with E-state index in [1.807, 2.05) is 84.9 Å². The van der Waals surface area contributed by atoms with E-state index in [9.17, 15) is 10.1 Å². The second-order valence-electron chi connectivity index (χ2n) is 7.89. The van der Waals surface area contributed by atoms with E-state index in [-0.39, 0.29) is 5.91 Å². The normalized spacial score (nSPS) is 11.8. The minimum absolute atomic E-state index is 0.123. The van der Waals surface area contributed by atoms with Gasteiger partial charge in [-0.15, -0.1) is 0 Å². The van der Waals surface area contributed by atoms with Gasteiger partial charge in [-0.05, 0) is 47.0 Å². The van der Waals surface area contributed by atoms with Gasteiger partial charge in [0, 0.05) is 11.6 Å². The summed E-state index contributed by atoms with van der Waals surface area (Å²) in [5, 5.41) is 10.2. The van der Waals surface area contributed by atoms with Gasteiger partial charge in [-0.1, -0.05) is 54.6 Å². The highest BCUT2D eigenvalue weighted by Gasteiger charge is 2.32. The average molecular weight is 427 g/mol. The molecule has 156 valence electrons. The Morgan fingerprint density at radius 1 is 0.909 bits per heavy atom. The van der Waals surface area contributed by atoms with Gasteiger partial charge < -0.3 is 4.74 Å². The van der Waals surface area contributed by atoms with Crippen molar-refractivity contribution in [1.29, 1.82) is 5.26 Å². The van der Waals surface area contributed by atoms with Crippen molar-refractivity contribution in [1.82, 2.24) is 9.55 Å². The van der Waals surface area contributed by atoms with Gasteiger partial charge in [0.1, 0.15) is 23.6 Å². The van der Waals surface area contributed by atoms with Gasteiger partial charge in [-0.25, -0.2) is 4.98 Å². The van der Waals surface area contributed by atoms with Crippen LogP contribution in [0.25, 0.3) is 33.4 Å². The number of hydrogen-bond acceptors (Lipinski definition) is 4. The Labute approximate surface area is 190 Å². The van der Waals surface area contributed by atoms with Crippen LogP contribution in [-0.4, -0.2) is 15.5 Å². The standard InChI is InChI=1S/C28H17N3O2/c29-16-20-6-1-2-7-21(20)19-13-11-18(12-14-19)17-33-27-22-8-3-4-9-23(22)30-26-24-10-5-15-31(24)28(32)25(26)27/h1-15H,17H2. The van der Waals surface area contributed by atoms with E-state index in [0.717, 1.165) is 33.3 Å². The molecule has 5 aromatic rings. The van der Waals surface area contributed by atoms with Crippen molar-refractivity contribution in [2.75, 3.05) is 0 Å². The molecule has 0 atom stereocenters. The van der Waals surface area contributed by atoms with Gasteiger partial charge in [-0.3, -0.25) is 9.36 Å². The van der Waals surface area contributed by atoms with Crippen LogP contribution < -0.4 is 4.74 Å². The highest BCUT2D eigenvalue weighted by atomic mass is 16.5. The maximum Gasteiger partial charge on any atom is 0.268 e. The molecule has 0 aliphatic carbocycles. The highest BCUT2D eigenvalue weighted by molar-refractivity contribution is 6.13. The number of aromatic nitrogens is 2. The minimum Gasteiger partial charge on any atom is -0.487 e. The lowest BCUT2D eigenvalue weighted by molar-refractivity contribution is 0.0965. The van der Waals surface area contributed by atoms with Crippen LogP contribution in [0.2, 0.25) is 0 Å². The maximum absolute atomic E-state index is 13.1. The van der Waals surface area contributed by atoms with Gasteiger partial charge in [0.25, 0.3) is 5.91 Å². The summed E-state index contributed by atoms with van der Waals surface area (Å²) in [7, 11) is 0. The van der Waals surface area contributed by atoms with Gasteiger partial charge in [-0.2, -0.15) is 5.26 Å². The molecule has 3 aromatic carbocycles. The van der Waals surface area contributed by atoms with E-state index in [0.29, 0.717) is 29.2 Å². The number of pyridine rings is 1. The Balaban J connectivity index is 1.36. The van der Waals surface area contributed by atoms with Crippen molar-refractivity contribution >= 4 is 16.8 Å². The largest absolute Gasteiger partial charge is 0.487 e. The summed E-state index contributed by atoms with van der Waals surface area (Å²) in [4.78, 5) is 17.9. The molecule has 33 heavy (non-hydrogen) atoms. The fourth-order valence-electron chi connectivity index (χ4n) is 4.36. The molecule has 5 nitrogen and oxygen atoms in total. The Morgan fingerprint density at radius 2 is 1.70 bits per heavy atom. The van der Waals surface area contributed by atoms with E-state index in [2.05, 4.69) is 6.07 Å². The number of carbonyl (C=O) groups excluding carboxylic acids is 1. The molecule has 0 N–H and O–H groups in total. The predicted molar refractivity (Wildman–Crippen MR) is 126 cm³/mol. The Bertz CT molecular complexity index is 1590. The molecule has 0 saturated carbocycles. The monoisotopic (exact) mass is 427 g/mol. The van der Waals surface area contributed by atoms with Crippen molar-refractivity contribution in [3.63, 3.8) is 0 Å². The van der Waals surface area contributed by atoms with Crippen molar-refractivity contribution in [3.8, 4) is 34.3 Å². The fraction of sp³-hybridized carbons (Fsp3) is 0.0357. The zero-order valence-electron chi connectivity index (χ0n) is 17.5. The smallest absolute Gasteiger partial charge is 0.268 e. The fourth-order valence-corrected chi connectivity index (χ4v) is 4.36. The number of nitrogens with zero attached hydrogens (tertiary/aromatic N) is 3. The summed E-state index contributed by atoms with van der Waals surface area (Å²) < 4.78 is 7.90. The molecule has 1 aliphatic rings. The van der Waals surface area contributed by atoms with Crippen LogP contribution in [0, 0.1) is 11.3 Å². The summed E-state index contributed by atoms with van der Waals surface area (Å²) >= 11 is 0. The number of carbonyl (C=O) groups is 1. The molecule has 0 fully saturated rings. The van der Waals surface area contributed by atoms with Crippen LogP contribution in [0.15, 0.2) is 91.1 Å². The summed E-state index contributed by atoms with van der Waals surface area (Å²) in [5.74, 6) is 0.435. The number of benzene rings is 3. The van der Waals surface area contributed by atoms with Gasteiger partial charge in [0.2, 0.25) is 0 Å². The molecular weight excluding hydrogens is 410 g/mol. The van der Waals surface area contributed by atoms with Crippen LogP contribution in [-0.2, 0) is 6.61 Å². The third-order valence-electron chi connectivity index (χ3n) is 5.96. The molecule has 0 bridgehead atoms. The third kappa shape index (κ3) is 3.00. The zero-order valence-corrected chi connectivity index (χ0v) is 17.5. The summed E-state index contributed by atoms with van der Waals surface area (Å²) in [5.41, 5.74) is 6.21. The Morgan fingerprint density at radius 3 is 2.55 bits per heavy atom. The SMILES string of the molecule is N#Cc1ccccc1-c1ccc(COc2c3c(nc4ccccc24)-c2cccn2C3=O)cc1. The first-order chi connectivity index (χ1) is 16.2. The molecule has 3 heterocycles. The average Bonchev–Trinajstić information content (AvgIpc) is 3.45. The molecule has 0 spiro atoms. The lowest BCUT2D eigenvalue weighted by Crippen LogP contribution is -2.08. The van der Waals surface area contributed by atoms with Crippen LogP contribution in [0.4, 0.5) is 0 Å². The molecule has 0 radical (unpaired) electrons. The summed E-state index contributed by atoms with van der Waals surface area (Å²) in [6, 6.07) is 29.2. The Hall–Kier alpha value is -4.69. The van der Waals surface area contributed by atoms with Crippen LogP contribution in [0.1, 0.15) is 21.5 Å². The first-order valence-corrected chi connectivity index (χ1v) is 10.6. The maximum atomic E-state index is 13.1. The van der Waals surface area contributed by atoms with E-state index in [1.165, 1.54) is 0 Å². The summed E-state index contributed by atoms with van der Waals surface area (Å²) in [6.07, 6.45) is 1.76. The number of fused-ring (bicyclic) bond motifs is 4. The van der Waals surface area contributed by atoms with Gasteiger partial charge in [0.15, 0.2) is 0 Å². The molecule has 5 heteroatoms. The predicted octanol–water partition coefficient (Wildman–Crippen LogP) is 5.82. The number of para-hydroxylation sites is 1. The molecule has 6 rings (SSSR count). The molecule has 1 aliphatic heterocycles. The minimum atomic E-state index is -0.123. The van der Waals surface area contributed by atoms with E-state index in [4.69, 9.17) is 9.72 Å². The zero-order chi connectivity index (χ0) is 22.4. The second kappa shape index (κ2) is 7.47. The highest BCUT2D eigenvalue weighted by Crippen LogP contribution is 2.41. The number of ether oxygens (including phenoxy) is 1. The van der Waals surface area contributed by atoms with E-state index in [1.54, 1.807) is 10.8 Å². The van der Waals surface area contributed by atoms with Crippen molar-refractivity contribution in [2.24, 2.45) is 0 Å². The van der Waals surface area contributed by atoms with Crippen molar-refractivity contribution in [3.05, 3.63) is 108 Å². The lowest BCUT2D eigenvalue weighted by atomic mass is 9.99.